The standard InChI is InChI=1S/C18H11N3O4/c22-16-13-8-4-5-9-14(13)17(23)21(16)25-18(24)15-10-11-20(19-15)12-6-2-1-3-7-12/h1-11H. The lowest BCUT2D eigenvalue weighted by Gasteiger charge is -2.11. The number of hydroxylamine groups is 2. The van der Waals surface area contributed by atoms with Gasteiger partial charge in [-0.3, -0.25) is 9.59 Å². The molecular formula is C18H11N3O4. The van der Waals surface area contributed by atoms with Crippen molar-refractivity contribution in [3.05, 3.63) is 83.7 Å². The first kappa shape index (κ1) is 14.8. The Kier molecular flexibility index (Phi) is 3.39. The molecule has 0 spiro atoms. The molecule has 0 saturated carbocycles. The van der Waals surface area contributed by atoms with Gasteiger partial charge in [0.25, 0.3) is 11.8 Å². The molecule has 0 saturated heterocycles. The lowest BCUT2D eigenvalue weighted by molar-refractivity contribution is -0.0588. The van der Waals surface area contributed by atoms with Crippen LogP contribution in [0.3, 0.4) is 0 Å². The second-order valence-electron chi connectivity index (χ2n) is 5.31. The normalized spacial score (nSPS) is 13.0. The van der Waals surface area contributed by atoms with Crippen LogP contribution in [0.5, 0.6) is 0 Å². The number of hydrogen-bond donors (Lipinski definition) is 0. The number of fused-ring (bicyclic) bond motifs is 1. The summed E-state index contributed by atoms with van der Waals surface area (Å²) >= 11 is 0. The molecule has 7 nitrogen and oxygen atoms in total. The van der Waals surface area contributed by atoms with E-state index in [1.165, 1.54) is 22.9 Å². The van der Waals surface area contributed by atoms with Crippen molar-refractivity contribution in [3.63, 3.8) is 0 Å². The van der Waals surface area contributed by atoms with E-state index in [0.717, 1.165) is 5.69 Å². The predicted molar refractivity (Wildman–Crippen MR) is 85.9 cm³/mol. The molecular weight excluding hydrogens is 322 g/mol. The van der Waals surface area contributed by atoms with Crippen molar-refractivity contribution in [1.29, 1.82) is 0 Å². The summed E-state index contributed by atoms with van der Waals surface area (Å²) in [5.41, 5.74) is 1.16. The number of imide groups is 1. The number of nitrogens with zero attached hydrogens (tertiary/aromatic N) is 3. The lowest BCUT2D eigenvalue weighted by atomic mass is 10.1. The SMILES string of the molecule is O=C(ON1C(=O)c2ccccc2C1=O)c1ccn(-c2ccccc2)n1. The van der Waals surface area contributed by atoms with Gasteiger partial charge in [0.2, 0.25) is 0 Å². The molecule has 0 bridgehead atoms. The lowest BCUT2D eigenvalue weighted by Crippen LogP contribution is -2.32. The van der Waals surface area contributed by atoms with Crippen LogP contribution in [0, 0.1) is 0 Å². The van der Waals surface area contributed by atoms with E-state index < -0.39 is 17.8 Å². The molecule has 1 aliphatic heterocycles. The first-order valence-electron chi connectivity index (χ1n) is 7.46. The Morgan fingerprint density at radius 1 is 0.840 bits per heavy atom. The van der Waals surface area contributed by atoms with E-state index in [1.807, 2.05) is 30.3 Å². The van der Waals surface area contributed by atoms with Crippen LogP contribution in [0.15, 0.2) is 66.9 Å². The largest absolute Gasteiger partial charge is 0.384 e. The maximum atomic E-state index is 12.2. The Labute approximate surface area is 142 Å². The summed E-state index contributed by atoms with van der Waals surface area (Å²) in [6.07, 6.45) is 1.59. The molecule has 0 unspecified atom stereocenters. The molecule has 3 aromatic rings. The first-order valence-corrected chi connectivity index (χ1v) is 7.46. The molecule has 1 aliphatic rings. The second-order valence-corrected chi connectivity index (χ2v) is 5.31. The summed E-state index contributed by atoms with van der Waals surface area (Å²) in [4.78, 5) is 41.6. The predicted octanol–water partition coefficient (Wildman–Crippen LogP) is 2.24. The van der Waals surface area contributed by atoms with Crippen LogP contribution >= 0.6 is 0 Å². The van der Waals surface area contributed by atoms with Crippen molar-refractivity contribution in [2.24, 2.45) is 0 Å². The van der Waals surface area contributed by atoms with Crippen LogP contribution in [0.1, 0.15) is 31.2 Å². The fourth-order valence-electron chi connectivity index (χ4n) is 2.54. The van der Waals surface area contributed by atoms with Crippen LogP contribution in [-0.4, -0.2) is 32.6 Å². The number of carbonyl (C=O) groups is 3. The van der Waals surface area contributed by atoms with Gasteiger partial charge in [0.05, 0.1) is 16.8 Å². The first-order chi connectivity index (χ1) is 12.1. The summed E-state index contributed by atoms with van der Waals surface area (Å²) in [7, 11) is 0. The van der Waals surface area contributed by atoms with E-state index in [9.17, 15) is 14.4 Å². The molecule has 1 aromatic heterocycles. The summed E-state index contributed by atoms with van der Waals surface area (Å²) in [6.45, 7) is 0. The van der Waals surface area contributed by atoms with Crippen molar-refractivity contribution >= 4 is 17.8 Å². The molecule has 0 atom stereocenters. The average Bonchev–Trinajstić information content (AvgIpc) is 3.23. The van der Waals surface area contributed by atoms with Crippen LogP contribution in [0.4, 0.5) is 0 Å². The monoisotopic (exact) mass is 333 g/mol. The quantitative estimate of drug-likeness (QED) is 0.687. The van der Waals surface area contributed by atoms with Gasteiger partial charge in [-0.05, 0) is 30.3 Å². The van der Waals surface area contributed by atoms with Gasteiger partial charge in [0.15, 0.2) is 5.69 Å². The zero-order valence-electron chi connectivity index (χ0n) is 12.8. The Balaban J connectivity index is 1.55. The highest BCUT2D eigenvalue weighted by Crippen LogP contribution is 2.23. The van der Waals surface area contributed by atoms with E-state index in [0.29, 0.717) is 5.06 Å². The second kappa shape index (κ2) is 5.72. The average molecular weight is 333 g/mol. The minimum Gasteiger partial charge on any atom is -0.322 e. The molecule has 0 aliphatic carbocycles. The number of hydrogen-bond acceptors (Lipinski definition) is 5. The summed E-state index contributed by atoms with van der Waals surface area (Å²) in [5, 5.41) is 4.58. The maximum absolute atomic E-state index is 12.2. The minimum atomic E-state index is -0.885. The summed E-state index contributed by atoms with van der Waals surface area (Å²) in [5.74, 6) is -2.22. The number of rotatable bonds is 3. The van der Waals surface area contributed by atoms with Gasteiger partial charge in [-0.25, -0.2) is 9.48 Å². The number of para-hydroxylation sites is 1. The van der Waals surface area contributed by atoms with Crippen LogP contribution in [-0.2, 0) is 4.84 Å². The fraction of sp³-hybridized carbons (Fsp3) is 0. The van der Waals surface area contributed by atoms with Crippen molar-refractivity contribution in [1.82, 2.24) is 14.8 Å². The van der Waals surface area contributed by atoms with Crippen LogP contribution in [0.2, 0.25) is 0 Å². The Morgan fingerprint density at radius 3 is 2.08 bits per heavy atom. The third-order valence-corrected chi connectivity index (χ3v) is 3.75. The fourth-order valence-corrected chi connectivity index (χ4v) is 2.54. The Morgan fingerprint density at radius 2 is 1.44 bits per heavy atom. The maximum Gasteiger partial charge on any atom is 0.384 e. The number of aromatic nitrogens is 2. The molecule has 25 heavy (non-hydrogen) atoms. The Hall–Kier alpha value is -3.74. The van der Waals surface area contributed by atoms with Gasteiger partial charge in [0, 0.05) is 6.20 Å². The van der Waals surface area contributed by atoms with Crippen molar-refractivity contribution in [2.45, 2.75) is 0 Å². The molecule has 2 heterocycles. The van der Waals surface area contributed by atoms with Crippen LogP contribution in [0.25, 0.3) is 5.69 Å². The third-order valence-electron chi connectivity index (χ3n) is 3.75. The van der Waals surface area contributed by atoms with Crippen LogP contribution < -0.4 is 0 Å². The Bertz CT molecular complexity index is 959. The summed E-state index contributed by atoms with van der Waals surface area (Å²) < 4.78 is 1.50. The number of amides is 2. The van der Waals surface area contributed by atoms with E-state index in [-0.39, 0.29) is 16.8 Å². The third kappa shape index (κ3) is 2.47. The molecule has 0 fully saturated rings. The zero-order valence-corrected chi connectivity index (χ0v) is 12.8. The zero-order chi connectivity index (χ0) is 17.4. The molecule has 7 heteroatoms. The van der Waals surface area contributed by atoms with Crippen molar-refractivity contribution in [2.75, 3.05) is 0 Å². The smallest absolute Gasteiger partial charge is 0.322 e. The van der Waals surface area contributed by atoms with Gasteiger partial charge in [-0.1, -0.05) is 35.4 Å². The van der Waals surface area contributed by atoms with Gasteiger partial charge in [0.1, 0.15) is 0 Å². The topological polar surface area (TPSA) is 81.5 Å². The highest BCUT2D eigenvalue weighted by molar-refractivity contribution is 6.21. The van der Waals surface area contributed by atoms with Gasteiger partial charge < -0.3 is 4.84 Å². The summed E-state index contributed by atoms with van der Waals surface area (Å²) in [6, 6.07) is 16.9. The minimum absolute atomic E-state index is 0.0135. The van der Waals surface area contributed by atoms with E-state index >= 15 is 0 Å². The van der Waals surface area contributed by atoms with Gasteiger partial charge in [-0.2, -0.15) is 5.10 Å². The van der Waals surface area contributed by atoms with Gasteiger partial charge in [-0.15, -0.1) is 0 Å². The molecule has 2 aromatic carbocycles. The van der Waals surface area contributed by atoms with Crippen molar-refractivity contribution < 1.29 is 19.2 Å². The molecule has 2 amide bonds. The van der Waals surface area contributed by atoms with E-state index in [2.05, 4.69) is 5.10 Å². The number of carbonyl (C=O) groups excluding carboxylic acids is 3. The highest BCUT2D eigenvalue weighted by Gasteiger charge is 2.39. The molecule has 122 valence electrons. The molecule has 4 rings (SSSR count). The molecule has 0 radical (unpaired) electrons. The van der Waals surface area contributed by atoms with E-state index in [1.54, 1.807) is 18.3 Å². The number of benzene rings is 2. The highest BCUT2D eigenvalue weighted by atomic mass is 16.7. The van der Waals surface area contributed by atoms with E-state index in [4.69, 9.17) is 4.84 Å². The van der Waals surface area contributed by atoms with Crippen molar-refractivity contribution in [3.8, 4) is 5.69 Å². The van der Waals surface area contributed by atoms with Gasteiger partial charge >= 0.3 is 5.97 Å². The molecule has 0 N–H and O–H groups in total.